The Balaban J connectivity index is 2.12. The van der Waals surface area contributed by atoms with Crippen LogP contribution in [0.2, 0.25) is 0 Å². The molecule has 1 heterocycles. The molecule has 0 aliphatic rings. The Morgan fingerprint density at radius 1 is 0.926 bits per heavy atom. The fourth-order valence-corrected chi connectivity index (χ4v) is 2.63. The zero-order chi connectivity index (χ0) is 19.1. The highest BCUT2D eigenvalue weighted by Gasteiger charge is 2.09. The molecule has 27 heavy (non-hydrogen) atoms. The lowest BCUT2D eigenvalue weighted by atomic mass is 9.87. The van der Waals surface area contributed by atoms with Crippen LogP contribution in [0.1, 0.15) is 12.6 Å². The minimum absolute atomic E-state index is 0.0401. The first kappa shape index (κ1) is 18.6. The van der Waals surface area contributed by atoms with E-state index < -0.39 is 0 Å². The minimum atomic E-state index is -0.0401. The molecule has 3 aromatic rings. The van der Waals surface area contributed by atoms with Crippen LogP contribution in [-0.2, 0) is 0 Å². The van der Waals surface area contributed by atoms with Crippen molar-refractivity contribution in [2.75, 3.05) is 0 Å². The quantitative estimate of drug-likeness (QED) is 0.520. The molecule has 4 heteroatoms. The molecule has 0 aliphatic heterocycles. The van der Waals surface area contributed by atoms with E-state index in [1.165, 1.54) is 0 Å². The van der Waals surface area contributed by atoms with Crippen molar-refractivity contribution < 1.29 is 5.02 Å². The molecule has 3 nitrogen and oxygen atoms in total. The standard InChI is InChI=1S/C23H21BN2O/c1-3-20(24-27)15-14-17(2)21-16-22(18-10-6-4-7-11-18)26-23(25-21)19-12-8-5-9-13-19/h3-16,24,27H,1H2,2H3/b17-14+,20-15+. The van der Waals surface area contributed by atoms with E-state index in [1.54, 1.807) is 6.08 Å². The van der Waals surface area contributed by atoms with Crippen molar-refractivity contribution in [3.8, 4) is 22.6 Å². The first-order valence-electron chi connectivity index (χ1n) is 8.82. The molecule has 0 atom stereocenters. The number of aromatic nitrogens is 2. The zero-order valence-electron chi connectivity index (χ0n) is 15.3. The molecule has 0 spiro atoms. The van der Waals surface area contributed by atoms with Crippen LogP contribution < -0.4 is 0 Å². The Morgan fingerprint density at radius 3 is 2.15 bits per heavy atom. The Hall–Kier alpha value is -3.24. The first-order valence-corrected chi connectivity index (χ1v) is 8.82. The number of benzene rings is 2. The summed E-state index contributed by atoms with van der Waals surface area (Å²) in [5, 5.41) is 9.30. The van der Waals surface area contributed by atoms with Gasteiger partial charge in [-0.05, 0) is 18.6 Å². The van der Waals surface area contributed by atoms with Crippen molar-refractivity contribution in [1.82, 2.24) is 9.97 Å². The average Bonchev–Trinajstić information content (AvgIpc) is 2.75. The van der Waals surface area contributed by atoms with Gasteiger partial charge in [-0.3, -0.25) is 0 Å². The Kier molecular flexibility index (Phi) is 6.13. The van der Waals surface area contributed by atoms with Gasteiger partial charge in [0.15, 0.2) is 5.82 Å². The molecule has 3 rings (SSSR count). The summed E-state index contributed by atoms with van der Waals surface area (Å²) in [6, 6.07) is 22.0. The highest BCUT2D eigenvalue weighted by atomic mass is 16.2. The first-order chi connectivity index (χ1) is 13.2. The van der Waals surface area contributed by atoms with Gasteiger partial charge in [0.2, 0.25) is 0 Å². The van der Waals surface area contributed by atoms with Gasteiger partial charge in [-0.15, -0.1) is 0 Å². The number of hydrogen-bond acceptors (Lipinski definition) is 3. The molecule has 0 aliphatic carbocycles. The number of hydrogen-bond donors (Lipinski definition) is 1. The molecular weight excluding hydrogens is 331 g/mol. The van der Waals surface area contributed by atoms with E-state index in [0.29, 0.717) is 5.82 Å². The summed E-state index contributed by atoms with van der Waals surface area (Å²) in [7, 11) is -0.0401. The third-order valence-corrected chi connectivity index (χ3v) is 4.22. The van der Waals surface area contributed by atoms with Crippen LogP contribution in [0.4, 0.5) is 0 Å². The number of rotatable bonds is 6. The van der Waals surface area contributed by atoms with E-state index in [2.05, 4.69) is 6.58 Å². The second kappa shape index (κ2) is 8.92. The summed E-state index contributed by atoms with van der Waals surface area (Å²) >= 11 is 0. The average molecular weight is 352 g/mol. The third kappa shape index (κ3) is 4.69. The SMILES string of the molecule is C=C/C(BO)=C\C=C(/C)c1cc(-c2ccccc2)nc(-c2ccccc2)n1. The van der Waals surface area contributed by atoms with Crippen molar-refractivity contribution >= 4 is 13.1 Å². The van der Waals surface area contributed by atoms with E-state index in [-0.39, 0.29) is 7.48 Å². The van der Waals surface area contributed by atoms with Crippen molar-refractivity contribution in [1.29, 1.82) is 0 Å². The largest absolute Gasteiger partial charge is 0.449 e. The molecule has 0 saturated carbocycles. The van der Waals surface area contributed by atoms with Crippen LogP contribution >= 0.6 is 0 Å². The number of allylic oxidation sites excluding steroid dienone is 5. The third-order valence-electron chi connectivity index (χ3n) is 4.22. The topological polar surface area (TPSA) is 46.0 Å². The fourth-order valence-electron chi connectivity index (χ4n) is 2.63. The molecule has 0 radical (unpaired) electrons. The van der Waals surface area contributed by atoms with Crippen molar-refractivity contribution in [2.24, 2.45) is 0 Å². The lowest BCUT2D eigenvalue weighted by Crippen LogP contribution is -1.97. The summed E-state index contributed by atoms with van der Waals surface area (Å²) in [5.41, 5.74) is 5.49. The molecular formula is C23H21BN2O. The van der Waals surface area contributed by atoms with E-state index in [0.717, 1.165) is 33.6 Å². The summed E-state index contributed by atoms with van der Waals surface area (Å²) in [5.74, 6) is 0.690. The molecule has 0 bridgehead atoms. The normalized spacial score (nSPS) is 11.9. The molecule has 1 N–H and O–H groups in total. The smallest absolute Gasteiger partial charge is 0.304 e. The summed E-state index contributed by atoms with van der Waals surface area (Å²) < 4.78 is 0. The molecule has 0 amide bonds. The second-order valence-corrected chi connectivity index (χ2v) is 6.15. The van der Waals surface area contributed by atoms with Crippen molar-refractivity contribution in [3.05, 3.63) is 103 Å². The zero-order valence-corrected chi connectivity index (χ0v) is 15.3. The monoisotopic (exact) mass is 352 g/mol. The lowest BCUT2D eigenvalue weighted by molar-refractivity contribution is 0.612. The Bertz CT molecular complexity index is 922. The minimum Gasteiger partial charge on any atom is -0.449 e. The molecule has 132 valence electrons. The van der Waals surface area contributed by atoms with E-state index in [4.69, 9.17) is 9.97 Å². The van der Waals surface area contributed by atoms with Gasteiger partial charge in [0.05, 0.1) is 11.4 Å². The molecule has 0 fully saturated rings. The maximum absolute atomic E-state index is 9.30. The Labute approximate surface area is 160 Å². The van der Waals surface area contributed by atoms with Gasteiger partial charge in [0.25, 0.3) is 0 Å². The van der Waals surface area contributed by atoms with Crippen LogP contribution in [0, 0.1) is 0 Å². The van der Waals surface area contributed by atoms with Gasteiger partial charge >= 0.3 is 7.48 Å². The second-order valence-electron chi connectivity index (χ2n) is 6.15. The van der Waals surface area contributed by atoms with E-state index in [9.17, 15) is 5.02 Å². The van der Waals surface area contributed by atoms with Gasteiger partial charge < -0.3 is 5.02 Å². The fraction of sp³-hybridized carbons (Fsp3) is 0.0435. The summed E-state index contributed by atoms with van der Waals surface area (Å²) in [6.45, 7) is 5.71. The highest BCUT2D eigenvalue weighted by molar-refractivity contribution is 6.37. The van der Waals surface area contributed by atoms with Crippen molar-refractivity contribution in [2.45, 2.75) is 6.92 Å². The highest BCUT2D eigenvalue weighted by Crippen LogP contribution is 2.25. The predicted molar refractivity (Wildman–Crippen MR) is 114 cm³/mol. The van der Waals surface area contributed by atoms with Crippen LogP contribution in [0.15, 0.2) is 97.0 Å². The van der Waals surface area contributed by atoms with Crippen LogP contribution in [-0.4, -0.2) is 22.5 Å². The van der Waals surface area contributed by atoms with Gasteiger partial charge in [-0.1, -0.05) is 90.9 Å². The van der Waals surface area contributed by atoms with Gasteiger partial charge in [-0.25, -0.2) is 9.97 Å². The van der Waals surface area contributed by atoms with E-state index >= 15 is 0 Å². The lowest BCUT2D eigenvalue weighted by Gasteiger charge is -2.09. The maximum Gasteiger partial charge on any atom is 0.304 e. The Morgan fingerprint density at radius 2 is 1.56 bits per heavy atom. The van der Waals surface area contributed by atoms with Gasteiger partial charge in [0, 0.05) is 11.1 Å². The summed E-state index contributed by atoms with van der Waals surface area (Å²) in [6.07, 6.45) is 5.45. The molecule has 0 unspecified atom stereocenters. The number of nitrogens with zero attached hydrogens (tertiary/aromatic N) is 2. The van der Waals surface area contributed by atoms with Crippen LogP contribution in [0.3, 0.4) is 0 Å². The van der Waals surface area contributed by atoms with Crippen LogP contribution in [0.5, 0.6) is 0 Å². The molecule has 0 saturated heterocycles. The molecule has 2 aromatic carbocycles. The molecule has 1 aromatic heterocycles. The van der Waals surface area contributed by atoms with Gasteiger partial charge in [-0.2, -0.15) is 0 Å². The summed E-state index contributed by atoms with van der Waals surface area (Å²) in [4.78, 5) is 9.54. The van der Waals surface area contributed by atoms with E-state index in [1.807, 2.05) is 85.8 Å². The predicted octanol–water partition coefficient (Wildman–Crippen LogP) is 4.63. The van der Waals surface area contributed by atoms with Gasteiger partial charge in [0.1, 0.15) is 0 Å². The van der Waals surface area contributed by atoms with Crippen LogP contribution in [0.25, 0.3) is 28.2 Å². The van der Waals surface area contributed by atoms with Crippen molar-refractivity contribution in [3.63, 3.8) is 0 Å². The maximum atomic E-state index is 9.30.